The van der Waals surface area contributed by atoms with Gasteiger partial charge in [0.05, 0.1) is 12.4 Å². The van der Waals surface area contributed by atoms with E-state index in [9.17, 15) is 0 Å². The largest absolute Gasteiger partial charge is 0.358 e. The van der Waals surface area contributed by atoms with Crippen LogP contribution in [-0.4, -0.2) is 47.5 Å². The molecular weight excluding hydrogens is 320 g/mol. The Morgan fingerprint density at radius 1 is 0.923 bits per heavy atom. The molecule has 0 saturated carbocycles. The van der Waals surface area contributed by atoms with E-state index in [-0.39, 0.29) is 0 Å². The quantitative estimate of drug-likeness (QED) is 0.799. The van der Waals surface area contributed by atoms with Gasteiger partial charge in [-0.05, 0) is 24.0 Å². The van der Waals surface area contributed by atoms with Crippen LogP contribution in [0.5, 0.6) is 0 Å². The Labute approximate surface area is 156 Å². The first-order valence-corrected chi connectivity index (χ1v) is 9.34. The molecule has 2 heterocycles. The predicted molar refractivity (Wildman–Crippen MR) is 106 cm³/mol. The van der Waals surface area contributed by atoms with Crippen molar-refractivity contribution >= 4 is 5.84 Å². The van der Waals surface area contributed by atoms with Gasteiger partial charge in [0.25, 0.3) is 0 Å². The van der Waals surface area contributed by atoms with Crippen LogP contribution in [0.25, 0.3) is 0 Å². The monoisotopic (exact) mass is 346 g/mol. The fourth-order valence-corrected chi connectivity index (χ4v) is 3.66. The van der Waals surface area contributed by atoms with Gasteiger partial charge in [0.15, 0.2) is 5.84 Å². The van der Waals surface area contributed by atoms with Gasteiger partial charge in [-0.3, -0.25) is 0 Å². The van der Waals surface area contributed by atoms with Crippen molar-refractivity contribution in [1.29, 1.82) is 0 Å². The zero-order valence-corrected chi connectivity index (χ0v) is 15.4. The fourth-order valence-electron chi connectivity index (χ4n) is 3.66. The maximum absolute atomic E-state index is 4.75. The minimum absolute atomic E-state index is 0.748. The van der Waals surface area contributed by atoms with E-state index < -0.39 is 0 Å². The number of benzene rings is 2. The van der Waals surface area contributed by atoms with Crippen LogP contribution in [-0.2, 0) is 13.0 Å². The Balaban J connectivity index is 1.40. The Morgan fingerprint density at radius 3 is 2.35 bits per heavy atom. The molecule has 0 atom stereocenters. The Hall–Kier alpha value is -2.75. The number of likely N-dealkylation sites (N-methyl/N-ethyl adjacent to an activating group) is 1. The number of hydrogen-bond acceptors (Lipinski definition) is 4. The van der Waals surface area contributed by atoms with Crippen molar-refractivity contribution in [3.05, 3.63) is 83.7 Å². The topological polar surface area (TPSA) is 22.1 Å². The molecule has 0 amide bonds. The molecule has 2 aromatic carbocycles. The second-order valence-corrected chi connectivity index (χ2v) is 7.06. The molecule has 2 aliphatic rings. The van der Waals surface area contributed by atoms with E-state index in [1.54, 1.807) is 0 Å². The van der Waals surface area contributed by atoms with Crippen molar-refractivity contribution in [2.75, 3.05) is 26.9 Å². The van der Waals surface area contributed by atoms with E-state index in [0.717, 1.165) is 45.1 Å². The summed E-state index contributed by atoms with van der Waals surface area (Å²) < 4.78 is 0. The van der Waals surface area contributed by atoms with E-state index in [0.29, 0.717) is 0 Å². The van der Waals surface area contributed by atoms with Crippen molar-refractivity contribution in [1.82, 2.24) is 14.7 Å². The Morgan fingerprint density at radius 2 is 1.62 bits per heavy atom. The van der Waals surface area contributed by atoms with Gasteiger partial charge < -0.3 is 14.7 Å². The normalized spacial score (nSPS) is 16.4. The van der Waals surface area contributed by atoms with E-state index >= 15 is 0 Å². The summed E-state index contributed by atoms with van der Waals surface area (Å²) in [6, 6.07) is 21.4. The number of rotatable bonds is 6. The molecule has 0 aromatic heterocycles. The minimum atomic E-state index is 0.748. The van der Waals surface area contributed by atoms with Crippen LogP contribution in [0.1, 0.15) is 17.5 Å². The zero-order valence-electron chi connectivity index (χ0n) is 15.4. The summed E-state index contributed by atoms with van der Waals surface area (Å²) in [5.41, 5.74) is 4.00. The Bertz CT molecular complexity index is 782. The van der Waals surface area contributed by atoms with Gasteiger partial charge in [-0.1, -0.05) is 60.7 Å². The molecule has 0 saturated heterocycles. The number of amidine groups is 1. The van der Waals surface area contributed by atoms with Gasteiger partial charge in [-0.25, -0.2) is 4.99 Å². The molecule has 4 rings (SSSR count). The summed E-state index contributed by atoms with van der Waals surface area (Å²) >= 11 is 0. The van der Waals surface area contributed by atoms with Crippen molar-refractivity contribution < 1.29 is 0 Å². The van der Waals surface area contributed by atoms with Crippen LogP contribution in [0.3, 0.4) is 0 Å². The molecule has 4 nitrogen and oxygen atoms in total. The van der Waals surface area contributed by atoms with Gasteiger partial charge >= 0.3 is 0 Å². The SMILES string of the molecule is CN1CN(CCCc2ccccc2)C=C2C1=NCN2Cc1ccccc1. The predicted octanol–water partition coefficient (Wildman–Crippen LogP) is 3.54. The van der Waals surface area contributed by atoms with E-state index in [1.807, 2.05) is 0 Å². The van der Waals surface area contributed by atoms with Crippen molar-refractivity contribution in [3.8, 4) is 0 Å². The minimum Gasteiger partial charge on any atom is -0.358 e. The van der Waals surface area contributed by atoms with Crippen molar-refractivity contribution in [3.63, 3.8) is 0 Å². The zero-order chi connectivity index (χ0) is 17.8. The van der Waals surface area contributed by atoms with Gasteiger partial charge in [0.1, 0.15) is 6.67 Å². The highest BCUT2D eigenvalue weighted by atomic mass is 15.4. The highest BCUT2D eigenvalue weighted by Gasteiger charge is 2.29. The first kappa shape index (κ1) is 16.7. The molecule has 0 aliphatic carbocycles. The van der Waals surface area contributed by atoms with E-state index in [1.165, 1.54) is 16.8 Å². The lowest BCUT2D eigenvalue weighted by Crippen LogP contribution is -2.43. The summed E-state index contributed by atoms with van der Waals surface area (Å²) in [4.78, 5) is 11.8. The fraction of sp³-hybridized carbons (Fsp3) is 0.318. The summed E-state index contributed by atoms with van der Waals surface area (Å²) in [6.07, 6.45) is 4.59. The average molecular weight is 346 g/mol. The molecule has 2 aromatic rings. The Kier molecular flexibility index (Phi) is 4.91. The molecule has 4 heteroatoms. The van der Waals surface area contributed by atoms with Crippen molar-refractivity contribution in [2.45, 2.75) is 19.4 Å². The molecular formula is C22H26N4. The second kappa shape index (κ2) is 7.65. The van der Waals surface area contributed by atoms with Crippen LogP contribution >= 0.6 is 0 Å². The third kappa shape index (κ3) is 3.74. The highest BCUT2D eigenvalue weighted by Crippen LogP contribution is 2.24. The molecule has 26 heavy (non-hydrogen) atoms. The maximum Gasteiger partial charge on any atom is 0.152 e. The second-order valence-electron chi connectivity index (χ2n) is 7.06. The molecule has 0 N–H and O–H groups in total. The summed E-state index contributed by atoms with van der Waals surface area (Å²) in [6.45, 7) is 3.63. The third-order valence-corrected chi connectivity index (χ3v) is 4.99. The first-order valence-electron chi connectivity index (χ1n) is 9.34. The lowest BCUT2D eigenvalue weighted by atomic mass is 10.1. The summed E-state index contributed by atoms with van der Waals surface area (Å²) in [7, 11) is 2.14. The molecule has 134 valence electrons. The van der Waals surface area contributed by atoms with E-state index in [4.69, 9.17) is 4.99 Å². The van der Waals surface area contributed by atoms with Crippen LogP contribution in [0.2, 0.25) is 0 Å². The van der Waals surface area contributed by atoms with Crippen LogP contribution < -0.4 is 0 Å². The van der Waals surface area contributed by atoms with Gasteiger partial charge in [-0.15, -0.1) is 0 Å². The first-order chi connectivity index (χ1) is 12.8. The molecule has 0 spiro atoms. The average Bonchev–Trinajstić information content (AvgIpc) is 3.07. The molecule has 0 bridgehead atoms. The highest BCUT2D eigenvalue weighted by molar-refractivity contribution is 5.99. The molecule has 2 aliphatic heterocycles. The summed E-state index contributed by atoms with van der Waals surface area (Å²) in [5, 5.41) is 0. The molecule has 0 fully saturated rings. The smallest absolute Gasteiger partial charge is 0.152 e. The number of aliphatic imine (C=N–C) groups is 1. The lowest BCUT2D eigenvalue weighted by molar-refractivity contribution is 0.247. The molecule has 0 unspecified atom stereocenters. The number of nitrogens with zero attached hydrogens (tertiary/aromatic N) is 4. The third-order valence-electron chi connectivity index (χ3n) is 4.99. The number of fused-ring (bicyclic) bond motifs is 1. The van der Waals surface area contributed by atoms with Crippen LogP contribution in [0, 0.1) is 0 Å². The van der Waals surface area contributed by atoms with Gasteiger partial charge in [0, 0.05) is 26.3 Å². The lowest BCUT2D eigenvalue weighted by Gasteiger charge is -2.35. The van der Waals surface area contributed by atoms with Gasteiger partial charge in [0.2, 0.25) is 0 Å². The van der Waals surface area contributed by atoms with Gasteiger partial charge in [-0.2, -0.15) is 0 Å². The van der Waals surface area contributed by atoms with Crippen molar-refractivity contribution in [2.24, 2.45) is 4.99 Å². The number of aryl methyl sites for hydroxylation is 1. The number of hydrogen-bond donors (Lipinski definition) is 0. The van der Waals surface area contributed by atoms with E-state index in [2.05, 4.69) is 88.6 Å². The molecule has 0 radical (unpaired) electrons. The van der Waals surface area contributed by atoms with Crippen LogP contribution in [0.4, 0.5) is 0 Å². The van der Waals surface area contributed by atoms with Crippen LogP contribution in [0.15, 0.2) is 77.6 Å². The summed E-state index contributed by atoms with van der Waals surface area (Å²) in [5.74, 6) is 1.13. The maximum atomic E-state index is 4.75. The standard InChI is InChI=1S/C22H26N4/c1-24-18-25(14-8-13-19-9-4-2-5-10-19)16-21-22(24)23-17-26(21)15-20-11-6-3-7-12-20/h2-7,9-12,16H,8,13-15,17-18H2,1H3.